The Bertz CT molecular complexity index is 77.0. The first-order valence-corrected chi connectivity index (χ1v) is 3.31. The van der Waals surface area contributed by atoms with Crippen LogP contribution in [0.2, 0.25) is 0 Å². The third-order valence-corrected chi connectivity index (χ3v) is 1.34. The third kappa shape index (κ3) is 4.43. The van der Waals surface area contributed by atoms with Crippen LogP contribution in [0.5, 0.6) is 0 Å². The highest BCUT2D eigenvalue weighted by atomic mass is 16.6. The summed E-state index contributed by atoms with van der Waals surface area (Å²) in [5.74, 6) is 0. The predicted molar refractivity (Wildman–Crippen MR) is 35.6 cm³/mol. The van der Waals surface area contributed by atoms with Crippen LogP contribution in [-0.2, 0) is 9.84 Å². The van der Waals surface area contributed by atoms with Crippen LogP contribution in [0.15, 0.2) is 0 Å². The van der Waals surface area contributed by atoms with E-state index in [0.29, 0.717) is 0 Å². The van der Waals surface area contributed by atoms with Gasteiger partial charge in [0.25, 0.3) is 0 Å². The molecule has 0 aliphatic carbocycles. The summed E-state index contributed by atoms with van der Waals surface area (Å²) < 4.78 is 5.03. The van der Waals surface area contributed by atoms with Crippen LogP contribution in [0, 0.1) is 0 Å². The molecule has 0 amide bonds. The van der Waals surface area contributed by atoms with Crippen LogP contribution in [-0.4, -0.2) is 11.9 Å². The van der Waals surface area contributed by atoms with Crippen molar-refractivity contribution in [3.63, 3.8) is 0 Å². The van der Waals surface area contributed by atoms with Gasteiger partial charge in [-0.2, -0.15) is 0 Å². The van der Waals surface area contributed by atoms with Crippen molar-refractivity contribution in [1.29, 1.82) is 0 Å². The molecule has 0 aromatic rings. The number of rotatable bonds is 3. The summed E-state index contributed by atoms with van der Waals surface area (Å²) in [6, 6.07) is 0. The van der Waals surface area contributed by atoms with Gasteiger partial charge in [0.05, 0.1) is 5.60 Å². The number of ether oxygens (including phenoxy) is 1. The lowest BCUT2D eigenvalue weighted by atomic mass is 10.1. The summed E-state index contributed by atoms with van der Waals surface area (Å²) in [4.78, 5) is 0. The Balaban J connectivity index is 3.58. The molecule has 0 N–H and O–H groups in total. The highest BCUT2D eigenvalue weighted by molar-refractivity contribution is 4.64. The lowest BCUT2D eigenvalue weighted by molar-refractivity contribution is -0.191. The lowest BCUT2D eigenvalue weighted by Gasteiger charge is -2.23. The van der Waals surface area contributed by atoms with E-state index in [9.17, 15) is 5.11 Å². The van der Waals surface area contributed by atoms with Gasteiger partial charge in [-0.3, -0.25) is 0 Å². The molecule has 0 aliphatic heterocycles. The standard InChI is InChI=1S/C7H15O2/c1-5-7(3,4)9-6(2)8/h6H,5H2,1-4H3. The van der Waals surface area contributed by atoms with E-state index in [0.717, 1.165) is 6.42 Å². The molecule has 0 bridgehead atoms. The molecule has 0 rings (SSSR count). The highest BCUT2D eigenvalue weighted by Gasteiger charge is 2.17. The zero-order valence-corrected chi connectivity index (χ0v) is 6.60. The fraction of sp³-hybridized carbons (Fsp3) is 1.00. The van der Waals surface area contributed by atoms with Gasteiger partial charge in [-0.25, -0.2) is 5.11 Å². The number of hydrogen-bond acceptors (Lipinski definition) is 1. The molecule has 0 saturated heterocycles. The van der Waals surface area contributed by atoms with Crippen molar-refractivity contribution >= 4 is 0 Å². The Morgan fingerprint density at radius 1 is 1.56 bits per heavy atom. The summed E-state index contributed by atoms with van der Waals surface area (Å²) in [5.41, 5.74) is -0.249. The Labute approximate surface area is 56.8 Å². The fourth-order valence-corrected chi connectivity index (χ4v) is 0.533. The molecule has 0 heterocycles. The zero-order chi connectivity index (χ0) is 7.49. The first kappa shape index (κ1) is 8.92. The van der Waals surface area contributed by atoms with Gasteiger partial charge in [0.1, 0.15) is 0 Å². The molecule has 0 fully saturated rings. The summed E-state index contributed by atoms with van der Waals surface area (Å²) in [6.07, 6.45) is -0.0282. The van der Waals surface area contributed by atoms with Crippen LogP contribution in [0.3, 0.4) is 0 Å². The predicted octanol–water partition coefficient (Wildman–Crippen LogP) is 1.97. The summed E-state index contributed by atoms with van der Waals surface area (Å²) in [6.45, 7) is 7.35. The number of hydrogen-bond donors (Lipinski definition) is 0. The second-order valence-electron chi connectivity index (χ2n) is 2.80. The molecule has 0 spiro atoms. The highest BCUT2D eigenvalue weighted by Crippen LogP contribution is 2.14. The van der Waals surface area contributed by atoms with E-state index in [2.05, 4.69) is 0 Å². The minimum absolute atomic E-state index is 0.249. The topological polar surface area (TPSA) is 29.1 Å². The Morgan fingerprint density at radius 2 is 2.00 bits per heavy atom. The molecule has 0 aliphatic rings. The lowest BCUT2D eigenvalue weighted by Crippen LogP contribution is -2.27. The van der Waals surface area contributed by atoms with Crippen LogP contribution >= 0.6 is 0 Å². The van der Waals surface area contributed by atoms with Crippen molar-refractivity contribution in [2.45, 2.75) is 46.0 Å². The van der Waals surface area contributed by atoms with Gasteiger partial charge in [-0.05, 0) is 27.2 Å². The van der Waals surface area contributed by atoms with Crippen LogP contribution in [0.4, 0.5) is 0 Å². The van der Waals surface area contributed by atoms with Crippen molar-refractivity contribution in [3.8, 4) is 0 Å². The van der Waals surface area contributed by atoms with Gasteiger partial charge >= 0.3 is 0 Å². The van der Waals surface area contributed by atoms with Crippen LogP contribution in [0.1, 0.15) is 34.1 Å². The minimum Gasteiger partial charge on any atom is -0.344 e. The molecule has 9 heavy (non-hydrogen) atoms. The maximum absolute atomic E-state index is 10.5. The molecule has 0 saturated carbocycles. The first-order chi connectivity index (χ1) is 3.98. The quantitative estimate of drug-likeness (QED) is 0.538. The summed E-state index contributed by atoms with van der Waals surface area (Å²) in [5, 5.41) is 10.5. The Morgan fingerprint density at radius 3 is 2.11 bits per heavy atom. The fourth-order valence-electron chi connectivity index (χ4n) is 0.533. The van der Waals surface area contributed by atoms with E-state index in [-0.39, 0.29) is 5.60 Å². The zero-order valence-electron chi connectivity index (χ0n) is 6.60. The first-order valence-electron chi connectivity index (χ1n) is 3.31. The molecule has 1 radical (unpaired) electrons. The monoisotopic (exact) mass is 131 g/mol. The summed E-state index contributed by atoms with van der Waals surface area (Å²) in [7, 11) is 0. The Hall–Kier alpha value is -0.0800. The van der Waals surface area contributed by atoms with Crippen molar-refractivity contribution in [2.75, 3.05) is 0 Å². The van der Waals surface area contributed by atoms with Gasteiger partial charge in [0.15, 0.2) is 6.29 Å². The van der Waals surface area contributed by atoms with E-state index in [1.807, 2.05) is 20.8 Å². The van der Waals surface area contributed by atoms with E-state index in [1.54, 1.807) is 0 Å². The van der Waals surface area contributed by atoms with E-state index >= 15 is 0 Å². The maximum Gasteiger partial charge on any atom is 0.189 e. The molecular weight excluding hydrogens is 116 g/mol. The maximum atomic E-state index is 10.5. The van der Waals surface area contributed by atoms with Crippen molar-refractivity contribution in [1.82, 2.24) is 0 Å². The van der Waals surface area contributed by atoms with Gasteiger partial charge in [-0.15, -0.1) is 0 Å². The van der Waals surface area contributed by atoms with Crippen molar-refractivity contribution in [3.05, 3.63) is 0 Å². The van der Waals surface area contributed by atoms with Gasteiger partial charge in [0, 0.05) is 0 Å². The van der Waals surface area contributed by atoms with E-state index < -0.39 is 6.29 Å². The largest absolute Gasteiger partial charge is 0.344 e. The van der Waals surface area contributed by atoms with Crippen molar-refractivity contribution in [2.24, 2.45) is 0 Å². The Kier molecular flexibility index (Phi) is 3.15. The van der Waals surface area contributed by atoms with Crippen LogP contribution < -0.4 is 0 Å². The molecule has 1 atom stereocenters. The molecule has 0 aromatic carbocycles. The molecule has 1 unspecified atom stereocenters. The minimum atomic E-state index is -0.903. The second-order valence-corrected chi connectivity index (χ2v) is 2.80. The van der Waals surface area contributed by atoms with Gasteiger partial charge in [0.2, 0.25) is 0 Å². The molecule has 0 aromatic heterocycles. The average Bonchev–Trinajstić information content (AvgIpc) is 1.63. The molecule has 2 heteroatoms. The SMILES string of the molecule is CCC(C)(C)OC(C)[O]. The summed E-state index contributed by atoms with van der Waals surface area (Å²) >= 11 is 0. The molecular formula is C7H15O2. The second kappa shape index (κ2) is 3.18. The molecule has 2 nitrogen and oxygen atoms in total. The van der Waals surface area contributed by atoms with Crippen LogP contribution in [0.25, 0.3) is 0 Å². The normalized spacial score (nSPS) is 15.7. The van der Waals surface area contributed by atoms with E-state index in [1.165, 1.54) is 6.92 Å². The molecule has 55 valence electrons. The smallest absolute Gasteiger partial charge is 0.189 e. The average molecular weight is 131 g/mol. The van der Waals surface area contributed by atoms with Crippen molar-refractivity contribution < 1.29 is 9.84 Å². The van der Waals surface area contributed by atoms with Gasteiger partial charge < -0.3 is 4.74 Å². The van der Waals surface area contributed by atoms with E-state index in [4.69, 9.17) is 4.74 Å². The third-order valence-electron chi connectivity index (χ3n) is 1.34. The van der Waals surface area contributed by atoms with Gasteiger partial charge in [-0.1, -0.05) is 6.92 Å².